The van der Waals surface area contributed by atoms with Gasteiger partial charge in [-0.2, -0.15) is 0 Å². The molecule has 82 valence electrons. The SMILES string of the molecule is CC(N)C(Cl)(Oc1ccccc1)C(=O)O. The van der Waals surface area contributed by atoms with Gasteiger partial charge in [0.15, 0.2) is 0 Å². The van der Waals surface area contributed by atoms with Gasteiger partial charge in [0.2, 0.25) is 0 Å². The van der Waals surface area contributed by atoms with Gasteiger partial charge >= 0.3 is 5.97 Å². The quantitative estimate of drug-likeness (QED) is 0.767. The lowest BCUT2D eigenvalue weighted by molar-refractivity contribution is -0.149. The highest BCUT2D eigenvalue weighted by Gasteiger charge is 2.43. The molecule has 2 unspecified atom stereocenters. The van der Waals surface area contributed by atoms with Gasteiger partial charge in [-0.3, -0.25) is 0 Å². The molecule has 4 nitrogen and oxygen atoms in total. The Hall–Kier alpha value is -1.26. The predicted molar refractivity (Wildman–Crippen MR) is 56.9 cm³/mol. The van der Waals surface area contributed by atoms with E-state index in [1.807, 2.05) is 0 Å². The van der Waals surface area contributed by atoms with Crippen LogP contribution in [0.15, 0.2) is 30.3 Å². The minimum atomic E-state index is -1.93. The van der Waals surface area contributed by atoms with Gasteiger partial charge in [0.05, 0.1) is 6.04 Å². The molecule has 0 bridgehead atoms. The average molecular weight is 230 g/mol. The Morgan fingerprint density at radius 1 is 1.53 bits per heavy atom. The maximum absolute atomic E-state index is 10.9. The Bertz CT molecular complexity index is 342. The number of carboxylic acids is 1. The molecule has 0 fully saturated rings. The van der Waals surface area contributed by atoms with Crippen LogP contribution in [0.3, 0.4) is 0 Å². The molecule has 15 heavy (non-hydrogen) atoms. The number of para-hydroxylation sites is 1. The van der Waals surface area contributed by atoms with E-state index in [-0.39, 0.29) is 0 Å². The number of halogens is 1. The summed E-state index contributed by atoms with van der Waals surface area (Å²) in [6.07, 6.45) is 0. The van der Waals surface area contributed by atoms with Crippen molar-refractivity contribution >= 4 is 17.6 Å². The largest absolute Gasteiger partial charge is 0.477 e. The third-order valence-electron chi connectivity index (χ3n) is 1.89. The van der Waals surface area contributed by atoms with Crippen LogP contribution in [-0.4, -0.2) is 22.2 Å². The molecular formula is C10H12ClNO3. The lowest BCUT2D eigenvalue weighted by atomic mass is 10.2. The summed E-state index contributed by atoms with van der Waals surface area (Å²) in [7, 11) is 0. The molecular weight excluding hydrogens is 218 g/mol. The number of carbonyl (C=O) groups is 1. The first-order chi connectivity index (χ1) is 6.97. The summed E-state index contributed by atoms with van der Waals surface area (Å²) in [5, 5.41) is 7.00. The number of aliphatic carboxylic acids is 1. The van der Waals surface area contributed by atoms with E-state index in [1.54, 1.807) is 30.3 Å². The Morgan fingerprint density at radius 2 is 2.07 bits per heavy atom. The van der Waals surface area contributed by atoms with Gasteiger partial charge in [0.1, 0.15) is 5.75 Å². The Kier molecular flexibility index (Phi) is 3.55. The zero-order chi connectivity index (χ0) is 11.5. The molecule has 0 aliphatic heterocycles. The summed E-state index contributed by atoms with van der Waals surface area (Å²) in [5.74, 6) is -0.935. The molecule has 1 rings (SSSR count). The number of ether oxygens (including phenoxy) is 1. The second kappa shape index (κ2) is 4.51. The maximum Gasteiger partial charge on any atom is 0.365 e. The molecule has 0 spiro atoms. The summed E-state index contributed by atoms with van der Waals surface area (Å²) < 4.78 is 5.17. The lowest BCUT2D eigenvalue weighted by Crippen LogP contribution is -2.52. The normalized spacial score (nSPS) is 16.5. The van der Waals surface area contributed by atoms with Crippen molar-refractivity contribution in [2.45, 2.75) is 18.0 Å². The van der Waals surface area contributed by atoms with Gasteiger partial charge in [0, 0.05) is 0 Å². The third-order valence-corrected chi connectivity index (χ3v) is 2.47. The molecule has 1 aromatic rings. The fraction of sp³-hybridized carbons (Fsp3) is 0.300. The molecule has 2 atom stereocenters. The second-order valence-electron chi connectivity index (χ2n) is 3.15. The summed E-state index contributed by atoms with van der Waals surface area (Å²) in [6, 6.07) is 7.61. The molecule has 3 N–H and O–H groups in total. The summed E-state index contributed by atoms with van der Waals surface area (Å²) in [4.78, 5) is 10.9. The molecule has 0 aliphatic rings. The number of hydrogen-bond acceptors (Lipinski definition) is 3. The minimum Gasteiger partial charge on any atom is -0.477 e. The zero-order valence-corrected chi connectivity index (χ0v) is 8.94. The molecule has 0 radical (unpaired) electrons. The van der Waals surface area contributed by atoms with E-state index in [2.05, 4.69) is 0 Å². The standard InChI is InChI=1S/C10H12ClNO3/c1-7(12)10(11,9(13)14)15-8-5-3-2-4-6-8/h2-7H,12H2,1H3,(H,13,14). The smallest absolute Gasteiger partial charge is 0.365 e. The first kappa shape index (κ1) is 11.8. The molecule has 0 aromatic heterocycles. The molecule has 0 aliphatic carbocycles. The summed E-state index contributed by atoms with van der Waals surface area (Å²) in [6.45, 7) is 1.48. The number of alkyl halides is 1. The summed E-state index contributed by atoms with van der Waals surface area (Å²) >= 11 is 5.80. The van der Waals surface area contributed by atoms with E-state index < -0.39 is 17.1 Å². The fourth-order valence-electron chi connectivity index (χ4n) is 0.991. The van der Waals surface area contributed by atoms with E-state index in [1.165, 1.54) is 6.92 Å². The highest BCUT2D eigenvalue weighted by atomic mass is 35.5. The van der Waals surface area contributed by atoms with Crippen molar-refractivity contribution in [1.29, 1.82) is 0 Å². The van der Waals surface area contributed by atoms with Crippen molar-refractivity contribution in [2.75, 3.05) is 0 Å². The van der Waals surface area contributed by atoms with Gasteiger partial charge in [0.25, 0.3) is 5.06 Å². The highest BCUT2D eigenvalue weighted by molar-refractivity contribution is 6.33. The first-order valence-corrected chi connectivity index (χ1v) is 4.76. The fourth-order valence-corrected chi connectivity index (χ4v) is 1.08. The molecule has 0 amide bonds. The van der Waals surface area contributed by atoms with Crippen LogP contribution in [0.2, 0.25) is 0 Å². The van der Waals surface area contributed by atoms with E-state index in [0.717, 1.165) is 0 Å². The number of carboxylic acid groups (broad SMARTS) is 1. The van der Waals surface area contributed by atoms with Crippen LogP contribution >= 0.6 is 11.6 Å². The number of benzene rings is 1. The van der Waals surface area contributed by atoms with E-state index in [4.69, 9.17) is 27.2 Å². The van der Waals surface area contributed by atoms with Crippen LogP contribution in [0, 0.1) is 0 Å². The van der Waals surface area contributed by atoms with E-state index in [9.17, 15) is 4.79 Å². The number of rotatable bonds is 4. The molecule has 0 heterocycles. The van der Waals surface area contributed by atoms with Gasteiger partial charge in [-0.25, -0.2) is 4.79 Å². The maximum atomic E-state index is 10.9. The second-order valence-corrected chi connectivity index (χ2v) is 3.72. The number of hydrogen-bond donors (Lipinski definition) is 2. The Morgan fingerprint density at radius 3 is 2.47 bits per heavy atom. The van der Waals surface area contributed by atoms with Crippen LogP contribution in [0.5, 0.6) is 5.75 Å². The van der Waals surface area contributed by atoms with Crippen molar-refractivity contribution in [3.05, 3.63) is 30.3 Å². The van der Waals surface area contributed by atoms with Gasteiger partial charge in [-0.05, 0) is 19.1 Å². The van der Waals surface area contributed by atoms with Crippen molar-refractivity contribution in [3.63, 3.8) is 0 Å². The van der Waals surface area contributed by atoms with Crippen LogP contribution < -0.4 is 10.5 Å². The molecule has 5 heteroatoms. The average Bonchev–Trinajstić information content (AvgIpc) is 2.18. The molecule has 0 saturated carbocycles. The number of nitrogens with two attached hydrogens (primary N) is 1. The predicted octanol–water partition coefficient (Wildman–Crippen LogP) is 1.43. The Labute approximate surface area is 92.6 Å². The van der Waals surface area contributed by atoms with Gasteiger partial charge in [-0.1, -0.05) is 29.8 Å². The van der Waals surface area contributed by atoms with Crippen LogP contribution in [-0.2, 0) is 4.79 Å². The Balaban J connectivity index is 2.90. The van der Waals surface area contributed by atoms with Crippen molar-refractivity contribution in [3.8, 4) is 5.75 Å². The van der Waals surface area contributed by atoms with E-state index >= 15 is 0 Å². The van der Waals surface area contributed by atoms with Gasteiger partial charge in [-0.15, -0.1) is 0 Å². The monoisotopic (exact) mass is 229 g/mol. The van der Waals surface area contributed by atoms with Crippen LogP contribution in [0.4, 0.5) is 0 Å². The topological polar surface area (TPSA) is 72.5 Å². The van der Waals surface area contributed by atoms with Crippen LogP contribution in [0.25, 0.3) is 0 Å². The van der Waals surface area contributed by atoms with Crippen molar-refractivity contribution in [1.82, 2.24) is 0 Å². The zero-order valence-electron chi connectivity index (χ0n) is 8.18. The van der Waals surface area contributed by atoms with E-state index in [0.29, 0.717) is 5.75 Å². The molecule has 1 aromatic carbocycles. The van der Waals surface area contributed by atoms with Gasteiger partial charge < -0.3 is 15.6 Å². The minimum absolute atomic E-state index is 0.368. The van der Waals surface area contributed by atoms with Crippen molar-refractivity contribution in [2.24, 2.45) is 5.73 Å². The lowest BCUT2D eigenvalue weighted by Gasteiger charge is -2.27. The summed E-state index contributed by atoms with van der Waals surface area (Å²) in [5.41, 5.74) is 5.48. The highest BCUT2D eigenvalue weighted by Crippen LogP contribution is 2.24. The van der Waals surface area contributed by atoms with Crippen LogP contribution in [0.1, 0.15) is 6.92 Å². The molecule has 0 saturated heterocycles. The third kappa shape index (κ3) is 2.61. The first-order valence-electron chi connectivity index (χ1n) is 4.39. The van der Waals surface area contributed by atoms with Crippen molar-refractivity contribution < 1.29 is 14.6 Å².